The molecular weight excluding hydrogens is 364 g/mol. The summed E-state index contributed by atoms with van der Waals surface area (Å²) < 4.78 is 10.5. The molecule has 1 rings (SSSR count). The fourth-order valence-corrected chi connectivity index (χ4v) is 3.48. The smallest absolute Gasteiger partial charge is 0.325 e. The Balaban J connectivity index is 2.49. The molecule has 2 atom stereocenters. The molecule has 0 aromatic heterocycles. The maximum atomic E-state index is 12.6. The average Bonchev–Trinajstić information content (AvgIpc) is 2.57. The second kappa shape index (κ2) is 10.6. The van der Waals surface area contributed by atoms with Crippen LogP contribution in [0.15, 0.2) is 12.2 Å². The topological polar surface area (TPSA) is 108 Å². The fraction of sp³-hybridized carbons (Fsp3) is 0.737. The van der Waals surface area contributed by atoms with Crippen LogP contribution in [0.3, 0.4) is 0 Å². The number of hydrogen-bond donors (Lipinski definition) is 2. The molecule has 1 aliphatic carbocycles. The molecule has 0 aromatic carbocycles. The van der Waals surface area contributed by atoms with Crippen molar-refractivity contribution in [2.75, 3.05) is 19.7 Å². The van der Waals surface area contributed by atoms with E-state index in [-0.39, 0.29) is 25.1 Å². The number of ether oxygens (including phenoxy) is 2. The minimum Gasteiger partial charge on any atom is -0.465 e. The second-order valence-electron chi connectivity index (χ2n) is 8.51. The van der Waals surface area contributed by atoms with Crippen molar-refractivity contribution in [2.24, 2.45) is 11.1 Å². The van der Waals surface area contributed by atoms with Gasteiger partial charge in [-0.25, -0.2) is 0 Å². The van der Waals surface area contributed by atoms with Crippen LogP contribution in [-0.4, -0.2) is 51.7 Å². The quantitative estimate of drug-likeness (QED) is 0.368. The van der Waals surface area contributed by atoms with E-state index in [9.17, 15) is 14.4 Å². The number of carbonyl (C=O) groups is 3. The molecule has 0 radical (unpaired) electrons. The lowest BCUT2D eigenvalue weighted by Gasteiger charge is -2.30. The highest BCUT2D eigenvalue weighted by Crippen LogP contribution is 2.32. The summed E-state index contributed by atoms with van der Waals surface area (Å²) in [5.41, 5.74) is 4.65. The second-order valence-corrected chi connectivity index (χ2v) is 14.1. The summed E-state index contributed by atoms with van der Waals surface area (Å²) in [6.45, 7) is 8.63. The van der Waals surface area contributed by atoms with Crippen molar-refractivity contribution in [1.82, 2.24) is 5.32 Å². The van der Waals surface area contributed by atoms with Crippen molar-refractivity contribution in [2.45, 2.75) is 64.4 Å². The maximum Gasteiger partial charge on any atom is 0.325 e. The van der Waals surface area contributed by atoms with E-state index in [1.54, 1.807) is 0 Å². The zero-order valence-electron chi connectivity index (χ0n) is 17.0. The Morgan fingerprint density at radius 2 is 1.93 bits per heavy atom. The number of allylic oxidation sites excluding steroid dienone is 1. The molecule has 3 N–H and O–H groups in total. The summed E-state index contributed by atoms with van der Waals surface area (Å²) >= 11 is 0. The van der Waals surface area contributed by atoms with E-state index >= 15 is 0 Å². The van der Waals surface area contributed by atoms with E-state index in [1.807, 2.05) is 19.1 Å². The van der Waals surface area contributed by atoms with Gasteiger partial charge in [0.05, 0.1) is 13.2 Å². The number of amides is 1. The minimum atomic E-state index is -1.25. The molecule has 0 fully saturated rings. The molecule has 1 aliphatic rings. The van der Waals surface area contributed by atoms with Crippen molar-refractivity contribution in [3.8, 4) is 0 Å². The van der Waals surface area contributed by atoms with Crippen molar-refractivity contribution in [3.05, 3.63) is 12.2 Å². The van der Waals surface area contributed by atoms with Gasteiger partial charge in [0.1, 0.15) is 12.6 Å². The Labute approximate surface area is 163 Å². The first-order valence-corrected chi connectivity index (χ1v) is 13.3. The highest BCUT2D eigenvalue weighted by Gasteiger charge is 2.34. The standard InChI is InChI=1S/C19H34N2O5Si/c1-19(9-6-5-7-15(8-10-19)26-16(22)13-20)18(24)21-14-17(23)25-11-12-27(2,3)4/h5,7,15H,6,8-14,20H2,1-4H3,(H,21,24)/b7-5+/t15-,19+/m0/s1. The van der Waals surface area contributed by atoms with Crippen LogP contribution in [0.5, 0.6) is 0 Å². The molecule has 0 saturated carbocycles. The Kier molecular flexibility index (Phi) is 9.18. The third-order valence-corrected chi connectivity index (χ3v) is 6.40. The van der Waals surface area contributed by atoms with Gasteiger partial charge in [0, 0.05) is 13.5 Å². The number of rotatable bonds is 8. The predicted molar refractivity (Wildman–Crippen MR) is 107 cm³/mol. The molecule has 0 unspecified atom stereocenters. The minimum absolute atomic E-state index is 0.123. The highest BCUT2D eigenvalue weighted by atomic mass is 28.3. The molecule has 7 nitrogen and oxygen atoms in total. The van der Waals surface area contributed by atoms with Gasteiger partial charge in [0.25, 0.3) is 0 Å². The van der Waals surface area contributed by atoms with E-state index in [0.29, 0.717) is 32.3 Å². The molecular formula is C19H34N2O5Si. The van der Waals surface area contributed by atoms with E-state index in [1.165, 1.54) is 0 Å². The Morgan fingerprint density at radius 3 is 2.56 bits per heavy atom. The van der Waals surface area contributed by atoms with Gasteiger partial charge in [-0.1, -0.05) is 32.6 Å². The molecule has 0 spiro atoms. The summed E-state index contributed by atoms with van der Waals surface area (Å²) in [5.74, 6) is -1.05. The summed E-state index contributed by atoms with van der Waals surface area (Å²) in [6, 6.07) is 0.902. The van der Waals surface area contributed by atoms with Crippen molar-refractivity contribution < 1.29 is 23.9 Å². The molecule has 0 bridgehead atoms. The van der Waals surface area contributed by atoms with Crippen LogP contribution < -0.4 is 11.1 Å². The van der Waals surface area contributed by atoms with E-state index in [2.05, 4.69) is 25.0 Å². The lowest BCUT2D eigenvalue weighted by Crippen LogP contribution is -2.42. The van der Waals surface area contributed by atoms with Crippen LogP contribution >= 0.6 is 0 Å². The van der Waals surface area contributed by atoms with Crippen molar-refractivity contribution in [3.63, 3.8) is 0 Å². The van der Waals surface area contributed by atoms with Gasteiger partial charge in [-0.15, -0.1) is 0 Å². The van der Waals surface area contributed by atoms with Crippen LogP contribution in [0.1, 0.15) is 32.6 Å². The Morgan fingerprint density at radius 1 is 1.22 bits per heavy atom. The lowest BCUT2D eigenvalue weighted by molar-refractivity contribution is -0.147. The lowest BCUT2D eigenvalue weighted by atomic mass is 9.78. The number of nitrogens with one attached hydrogen (secondary N) is 1. The zero-order valence-corrected chi connectivity index (χ0v) is 18.0. The first-order valence-electron chi connectivity index (χ1n) is 9.56. The largest absolute Gasteiger partial charge is 0.465 e. The Hall–Kier alpha value is -1.67. The van der Waals surface area contributed by atoms with Gasteiger partial charge < -0.3 is 20.5 Å². The van der Waals surface area contributed by atoms with Gasteiger partial charge in [0.15, 0.2) is 0 Å². The van der Waals surface area contributed by atoms with Gasteiger partial charge >= 0.3 is 11.9 Å². The maximum absolute atomic E-state index is 12.6. The van der Waals surface area contributed by atoms with Crippen LogP contribution in [0.25, 0.3) is 0 Å². The van der Waals surface area contributed by atoms with Crippen LogP contribution in [0.4, 0.5) is 0 Å². The molecule has 154 valence electrons. The first kappa shape index (κ1) is 23.4. The van der Waals surface area contributed by atoms with E-state index in [0.717, 1.165) is 6.04 Å². The monoisotopic (exact) mass is 398 g/mol. The summed E-state index contributed by atoms with van der Waals surface area (Å²) in [4.78, 5) is 35.9. The molecule has 0 saturated heterocycles. The summed E-state index contributed by atoms with van der Waals surface area (Å²) in [6.07, 6.45) is 5.84. The third-order valence-electron chi connectivity index (χ3n) is 4.70. The number of hydrogen-bond acceptors (Lipinski definition) is 6. The molecule has 27 heavy (non-hydrogen) atoms. The summed E-state index contributed by atoms with van der Waals surface area (Å²) in [7, 11) is -1.25. The summed E-state index contributed by atoms with van der Waals surface area (Å²) in [5, 5.41) is 2.70. The molecule has 0 aliphatic heterocycles. The van der Waals surface area contributed by atoms with E-state index in [4.69, 9.17) is 15.2 Å². The van der Waals surface area contributed by atoms with Crippen LogP contribution in [0, 0.1) is 5.41 Å². The molecule has 8 heteroatoms. The first-order chi connectivity index (χ1) is 12.6. The SMILES string of the molecule is C[C@@]1(C(=O)NCC(=O)OCC[Si](C)(C)C)CC/C=C/[C@H](OC(=O)CN)CC1. The van der Waals surface area contributed by atoms with Gasteiger partial charge in [-0.2, -0.15) is 0 Å². The van der Waals surface area contributed by atoms with Gasteiger partial charge in [-0.3, -0.25) is 14.4 Å². The Bertz CT molecular complexity index is 559. The van der Waals surface area contributed by atoms with Gasteiger partial charge in [0.2, 0.25) is 5.91 Å². The predicted octanol–water partition coefficient (Wildman–Crippen LogP) is 1.99. The number of carbonyl (C=O) groups excluding carboxylic acids is 3. The molecule has 0 aromatic rings. The normalized spacial score (nSPS) is 24.3. The zero-order chi connectivity index (χ0) is 20.5. The highest BCUT2D eigenvalue weighted by molar-refractivity contribution is 6.76. The number of nitrogens with two attached hydrogens (primary N) is 1. The average molecular weight is 399 g/mol. The number of esters is 2. The fourth-order valence-electron chi connectivity index (χ4n) is 2.76. The molecule has 1 amide bonds. The van der Waals surface area contributed by atoms with E-state index < -0.39 is 25.4 Å². The van der Waals surface area contributed by atoms with Crippen LogP contribution in [0.2, 0.25) is 25.7 Å². The third kappa shape index (κ3) is 9.19. The molecule has 0 heterocycles. The van der Waals surface area contributed by atoms with Crippen molar-refractivity contribution in [1.29, 1.82) is 0 Å². The van der Waals surface area contributed by atoms with Crippen LogP contribution in [-0.2, 0) is 23.9 Å². The van der Waals surface area contributed by atoms with Crippen molar-refractivity contribution >= 4 is 25.9 Å². The van der Waals surface area contributed by atoms with Gasteiger partial charge in [-0.05, 0) is 37.8 Å².